The number of aryl methyl sites for hydroxylation is 2. The van der Waals surface area contributed by atoms with Gasteiger partial charge < -0.3 is 5.32 Å². The molecule has 1 aromatic carbocycles. The van der Waals surface area contributed by atoms with E-state index in [2.05, 4.69) is 5.32 Å². The molecular weight excluding hydrogens is 300 g/mol. The Balaban J connectivity index is 2.22. The van der Waals surface area contributed by atoms with Crippen LogP contribution in [0.2, 0.25) is 0 Å². The smallest absolute Gasteiger partial charge is 0.288 e. The molecule has 1 N–H and O–H groups in total. The predicted octanol–water partition coefficient (Wildman–Crippen LogP) is 4.93. The molecule has 2 nitrogen and oxygen atoms in total. The van der Waals surface area contributed by atoms with Gasteiger partial charge in [-0.25, -0.2) is 0 Å². The van der Waals surface area contributed by atoms with Crippen LogP contribution in [0.4, 0.5) is 14.5 Å². The number of anilines is 1. The van der Waals surface area contributed by atoms with Crippen LogP contribution in [0.1, 0.15) is 20.1 Å². The van der Waals surface area contributed by atoms with Gasteiger partial charge in [0.25, 0.3) is 11.7 Å². The van der Waals surface area contributed by atoms with Crippen molar-refractivity contribution in [2.75, 3.05) is 5.32 Å². The molecule has 0 saturated heterocycles. The molecule has 1 aromatic heterocycles. The molecule has 0 unspecified atom stereocenters. The van der Waals surface area contributed by atoms with Gasteiger partial charge in [0.1, 0.15) is 0 Å². The van der Waals surface area contributed by atoms with Gasteiger partial charge in [0.05, 0.1) is 11.3 Å². The lowest BCUT2D eigenvalue weighted by Gasteiger charge is -2.10. The molecule has 6 heteroatoms. The third-order valence-electron chi connectivity index (χ3n) is 2.64. The zero-order chi connectivity index (χ0) is 14.7. The fourth-order valence-corrected chi connectivity index (χ4v) is 3.33. The van der Waals surface area contributed by atoms with Gasteiger partial charge in [-0.15, -0.1) is 11.3 Å². The van der Waals surface area contributed by atoms with Crippen molar-refractivity contribution < 1.29 is 13.6 Å². The molecular formula is C14H13F2NOS2. The lowest BCUT2D eigenvalue weighted by Crippen LogP contribution is -2.12. The zero-order valence-electron chi connectivity index (χ0n) is 10.9. The Bertz CT molecular complexity index is 625. The van der Waals surface area contributed by atoms with Crippen LogP contribution in [0.3, 0.4) is 0 Å². The summed E-state index contributed by atoms with van der Waals surface area (Å²) >= 11 is 1.96. The maximum atomic E-state index is 12.5. The highest BCUT2D eigenvalue weighted by atomic mass is 32.2. The fourth-order valence-electron chi connectivity index (χ4n) is 1.81. The van der Waals surface area contributed by atoms with Crippen LogP contribution in [0, 0.1) is 13.8 Å². The van der Waals surface area contributed by atoms with Gasteiger partial charge in [-0.1, -0.05) is 23.9 Å². The minimum Gasteiger partial charge on any atom is -0.321 e. The number of para-hydroxylation sites is 1. The minimum absolute atomic E-state index is 0.269. The maximum absolute atomic E-state index is 12.5. The largest absolute Gasteiger partial charge is 0.321 e. The highest BCUT2D eigenvalue weighted by molar-refractivity contribution is 7.99. The lowest BCUT2D eigenvalue weighted by molar-refractivity contribution is 0.102. The summed E-state index contributed by atoms with van der Waals surface area (Å²) in [5, 5.41) is 2.70. The van der Waals surface area contributed by atoms with Crippen LogP contribution >= 0.6 is 23.1 Å². The van der Waals surface area contributed by atoms with Crippen LogP contribution < -0.4 is 5.32 Å². The predicted molar refractivity (Wildman–Crippen MR) is 80.0 cm³/mol. The Morgan fingerprint density at radius 3 is 2.60 bits per heavy atom. The maximum Gasteiger partial charge on any atom is 0.288 e. The molecule has 0 bridgehead atoms. The third-order valence-corrected chi connectivity index (χ3v) is 4.39. The Morgan fingerprint density at radius 1 is 1.30 bits per heavy atom. The molecule has 1 heterocycles. The number of carbonyl (C=O) groups is 1. The van der Waals surface area contributed by atoms with Crippen molar-refractivity contribution in [3.05, 3.63) is 45.6 Å². The van der Waals surface area contributed by atoms with Crippen molar-refractivity contribution in [3.8, 4) is 0 Å². The van der Waals surface area contributed by atoms with E-state index in [0.29, 0.717) is 27.9 Å². The molecule has 0 aliphatic carbocycles. The Labute approximate surface area is 124 Å². The summed E-state index contributed by atoms with van der Waals surface area (Å²) in [6.07, 6.45) is 0. The average molecular weight is 313 g/mol. The van der Waals surface area contributed by atoms with Gasteiger partial charge >= 0.3 is 0 Å². The average Bonchev–Trinajstić information content (AvgIpc) is 2.70. The molecule has 0 aliphatic heterocycles. The summed E-state index contributed by atoms with van der Waals surface area (Å²) in [5.41, 5.74) is 0.996. The van der Waals surface area contributed by atoms with E-state index >= 15 is 0 Å². The molecule has 2 aromatic rings. The SMILES string of the molecule is Cc1cc(C(=O)Nc2ccccc2SC(F)F)c(C)s1. The molecule has 0 spiro atoms. The number of thioether (sulfide) groups is 1. The first kappa shape index (κ1) is 15.0. The second-order valence-corrected chi connectivity index (χ2v) is 6.65. The normalized spacial score (nSPS) is 10.8. The van der Waals surface area contributed by atoms with E-state index in [1.165, 1.54) is 11.3 Å². The van der Waals surface area contributed by atoms with Crippen molar-refractivity contribution in [1.82, 2.24) is 0 Å². The first-order valence-corrected chi connectivity index (χ1v) is 7.59. The quantitative estimate of drug-likeness (QED) is 0.811. The topological polar surface area (TPSA) is 29.1 Å². The number of nitrogens with one attached hydrogen (secondary N) is 1. The summed E-state index contributed by atoms with van der Waals surface area (Å²) in [6.45, 7) is 3.79. The highest BCUT2D eigenvalue weighted by Gasteiger charge is 2.15. The second-order valence-electron chi connectivity index (χ2n) is 4.16. The van der Waals surface area contributed by atoms with Crippen LogP contribution in [-0.4, -0.2) is 11.7 Å². The number of rotatable bonds is 4. The first-order chi connectivity index (χ1) is 9.47. The molecule has 1 amide bonds. The van der Waals surface area contributed by atoms with Crippen molar-refractivity contribution in [2.45, 2.75) is 24.5 Å². The number of alkyl halides is 2. The van der Waals surface area contributed by atoms with E-state index in [9.17, 15) is 13.6 Å². The summed E-state index contributed by atoms with van der Waals surface area (Å²) < 4.78 is 25.0. The van der Waals surface area contributed by atoms with E-state index in [0.717, 1.165) is 9.75 Å². The van der Waals surface area contributed by atoms with Crippen molar-refractivity contribution in [1.29, 1.82) is 0 Å². The number of amides is 1. The fraction of sp³-hybridized carbons (Fsp3) is 0.214. The molecule has 20 heavy (non-hydrogen) atoms. The van der Waals surface area contributed by atoms with E-state index in [-0.39, 0.29) is 5.91 Å². The number of halogens is 2. The van der Waals surface area contributed by atoms with Gasteiger partial charge in [0.15, 0.2) is 0 Å². The summed E-state index contributed by atoms with van der Waals surface area (Å²) in [5.74, 6) is -2.78. The summed E-state index contributed by atoms with van der Waals surface area (Å²) in [7, 11) is 0. The van der Waals surface area contributed by atoms with E-state index in [1.54, 1.807) is 30.3 Å². The van der Waals surface area contributed by atoms with Gasteiger partial charge in [-0.05, 0) is 32.0 Å². The standard InChI is InChI=1S/C14H13F2NOS2/c1-8-7-10(9(2)19-8)13(18)17-11-5-3-4-6-12(11)20-14(15)16/h3-7,14H,1-2H3,(H,17,18). The van der Waals surface area contributed by atoms with Gasteiger partial charge in [0, 0.05) is 14.6 Å². The zero-order valence-corrected chi connectivity index (χ0v) is 12.6. The second kappa shape index (κ2) is 6.37. The lowest BCUT2D eigenvalue weighted by atomic mass is 10.2. The van der Waals surface area contributed by atoms with Gasteiger partial charge in [-0.3, -0.25) is 4.79 Å². The van der Waals surface area contributed by atoms with Crippen LogP contribution in [-0.2, 0) is 0 Å². The van der Waals surface area contributed by atoms with Crippen molar-refractivity contribution in [3.63, 3.8) is 0 Å². The molecule has 106 valence electrons. The Kier molecular flexibility index (Phi) is 4.77. The molecule has 2 rings (SSSR count). The number of hydrogen-bond acceptors (Lipinski definition) is 3. The molecule has 0 aliphatic rings. The van der Waals surface area contributed by atoms with Crippen molar-refractivity contribution in [2.24, 2.45) is 0 Å². The van der Waals surface area contributed by atoms with Gasteiger partial charge in [-0.2, -0.15) is 8.78 Å². The van der Waals surface area contributed by atoms with E-state index in [4.69, 9.17) is 0 Å². The van der Waals surface area contributed by atoms with Crippen LogP contribution in [0.5, 0.6) is 0 Å². The van der Waals surface area contributed by atoms with E-state index < -0.39 is 5.76 Å². The number of benzene rings is 1. The van der Waals surface area contributed by atoms with Crippen LogP contribution in [0.15, 0.2) is 35.2 Å². The molecule has 0 atom stereocenters. The van der Waals surface area contributed by atoms with Crippen molar-refractivity contribution >= 4 is 34.7 Å². The third kappa shape index (κ3) is 3.58. The number of hydrogen-bond donors (Lipinski definition) is 1. The Hall–Kier alpha value is -1.40. The van der Waals surface area contributed by atoms with Gasteiger partial charge in [0.2, 0.25) is 0 Å². The monoisotopic (exact) mass is 313 g/mol. The summed E-state index contributed by atoms with van der Waals surface area (Å²) in [6, 6.07) is 8.37. The molecule has 0 radical (unpaired) electrons. The first-order valence-electron chi connectivity index (χ1n) is 5.89. The van der Waals surface area contributed by atoms with Crippen LogP contribution in [0.25, 0.3) is 0 Å². The summed E-state index contributed by atoms with van der Waals surface area (Å²) in [4.78, 5) is 14.5. The van der Waals surface area contributed by atoms with E-state index in [1.807, 2.05) is 13.8 Å². The highest BCUT2D eigenvalue weighted by Crippen LogP contribution is 2.32. The number of thiophene rings is 1. The number of carbonyl (C=O) groups excluding carboxylic acids is 1. The molecule has 0 saturated carbocycles. The molecule has 0 fully saturated rings. The Morgan fingerprint density at radius 2 is 2.00 bits per heavy atom. The minimum atomic E-state index is -2.52.